The molecule has 0 radical (unpaired) electrons. The normalized spacial score (nSPS) is 14.6. The van der Waals surface area contributed by atoms with Gasteiger partial charge in [0, 0.05) is 19.6 Å². The fourth-order valence-corrected chi connectivity index (χ4v) is 2.32. The number of aryl methyl sites for hydroxylation is 1. The number of urea groups is 1. The zero-order valence-corrected chi connectivity index (χ0v) is 13.5. The molecule has 23 heavy (non-hydrogen) atoms. The van der Waals surface area contributed by atoms with Crippen LogP contribution < -0.4 is 10.6 Å². The van der Waals surface area contributed by atoms with E-state index in [4.69, 9.17) is 4.74 Å². The highest BCUT2D eigenvalue weighted by atomic mass is 16.5. The Morgan fingerprint density at radius 2 is 1.91 bits per heavy atom. The van der Waals surface area contributed by atoms with Gasteiger partial charge in [-0.2, -0.15) is 0 Å². The van der Waals surface area contributed by atoms with Crippen molar-refractivity contribution in [3.8, 4) is 11.8 Å². The Morgan fingerprint density at radius 1 is 1.13 bits per heavy atom. The number of hydrogen-bond acceptors (Lipinski definition) is 3. The van der Waals surface area contributed by atoms with E-state index in [1.165, 1.54) is 5.56 Å². The minimum absolute atomic E-state index is 0.154. The summed E-state index contributed by atoms with van der Waals surface area (Å²) >= 11 is 0. The highest BCUT2D eigenvalue weighted by Gasteiger charge is 2.07. The molecule has 5 nitrogen and oxygen atoms in total. The maximum atomic E-state index is 11.6. The van der Waals surface area contributed by atoms with E-state index in [9.17, 15) is 4.79 Å². The van der Waals surface area contributed by atoms with Gasteiger partial charge in [-0.25, -0.2) is 4.79 Å². The largest absolute Gasteiger partial charge is 0.379 e. The van der Waals surface area contributed by atoms with Crippen molar-refractivity contribution in [2.45, 2.75) is 12.8 Å². The lowest BCUT2D eigenvalue weighted by Gasteiger charge is -2.24. The molecule has 2 N–H and O–H groups in total. The summed E-state index contributed by atoms with van der Waals surface area (Å²) < 4.78 is 5.28. The highest BCUT2D eigenvalue weighted by molar-refractivity contribution is 5.74. The second-order valence-corrected chi connectivity index (χ2v) is 5.44. The molecule has 2 rings (SSSR count). The predicted octanol–water partition coefficient (Wildman–Crippen LogP) is 1.25. The van der Waals surface area contributed by atoms with Crippen LogP contribution in [-0.4, -0.2) is 56.9 Å². The fourth-order valence-electron chi connectivity index (χ4n) is 2.32. The highest BCUT2D eigenvalue weighted by Crippen LogP contribution is 2.01. The minimum Gasteiger partial charge on any atom is -0.379 e. The number of morpholine rings is 1. The van der Waals surface area contributed by atoms with Crippen molar-refractivity contribution < 1.29 is 9.53 Å². The molecule has 1 aromatic carbocycles. The molecule has 0 unspecified atom stereocenters. The second-order valence-electron chi connectivity index (χ2n) is 5.44. The molecule has 0 bridgehead atoms. The number of carbonyl (C=O) groups is 1. The Hall–Kier alpha value is -2.03. The van der Waals surface area contributed by atoms with E-state index in [1.54, 1.807) is 0 Å². The Morgan fingerprint density at radius 3 is 2.70 bits per heavy atom. The van der Waals surface area contributed by atoms with Gasteiger partial charge in [0.1, 0.15) is 0 Å². The van der Waals surface area contributed by atoms with Crippen LogP contribution >= 0.6 is 0 Å². The lowest BCUT2D eigenvalue weighted by atomic mass is 10.1. The molecule has 124 valence electrons. The monoisotopic (exact) mass is 315 g/mol. The van der Waals surface area contributed by atoms with Crippen molar-refractivity contribution >= 4 is 6.03 Å². The van der Waals surface area contributed by atoms with E-state index in [-0.39, 0.29) is 6.03 Å². The van der Waals surface area contributed by atoms with Crippen molar-refractivity contribution in [3.05, 3.63) is 35.9 Å². The number of amides is 2. The van der Waals surface area contributed by atoms with Crippen LogP contribution in [0.3, 0.4) is 0 Å². The zero-order valence-electron chi connectivity index (χ0n) is 13.5. The van der Waals surface area contributed by atoms with Gasteiger partial charge in [-0.15, -0.1) is 0 Å². The van der Waals surface area contributed by atoms with E-state index >= 15 is 0 Å². The van der Waals surface area contributed by atoms with Crippen LogP contribution in [0.5, 0.6) is 0 Å². The van der Waals surface area contributed by atoms with Gasteiger partial charge in [0.2, 0.25) is 0 Å². The lowest BCUT2D eigenvalue weighted by Crippen LogP contribution is -2.37. The first-order valence-corrected chi connectivity index (χ1v) is 8.16. The summed E-state index contributed by atoms with van der Waals surface area (Å²) in [5.41, 5.74) is 1.30. The van der Waals surface area contributed by atoms with E-state index in [1.807, 2.05) is 18.2 Å². The van der Waals surface area contributed by atoms with Crippen LogP contribution in [0.1, 0.15) is 12.0 Å². The van der Waals surface area contributed by atoms with Crippen molar-refractivity contribution in [1.29, 1.82) is 0 Å². The Balaban J connectivity index is 1.48. The van der Waals surface area contributed by atoms with Crippen LogP contribution in [0.2, 0.25) is 0 Å². The van der Waals surface area contributed by atoms with Crippen LogP contribution in [0.15, 0.2) is 30.3 Å². The Labute approximate surface area is 138 Å². The van der Waals surface area contributed by atoms with Crippen LogP contribution in [0.25, 0.3) is 0 Å². The van der Waals surface area contributed by atoms with Crippen LogP contribution in [-0.2, 0) is 11.2 Å². The third-order valence-electron chi connectivity index (χ3n) is 3.64. The quantitative estimate of drug-likeness (QED) is 0.614. The maximum Gasteiger partial charge on any atom is 0.315 e. The maximum absolute atomic E-state index is 11.6. The van der Waals surface area contributed by atoms with Gasteiger partial charge >= 0.3 is 6.03 Å². The van der Waals surface area contributed by atoms with Gasteiger partial charge in [0.15, 0.2) is 0 Å². The molecule has 1 fully saturated rings. The van der Waals surface area contributed by atoms with Gasteiger partial charge in [0.05, 0.1) is 26.3 Å². The van der Waals surface area contributed by atoms with E-state index in [2.05, 4.69) is 39.5 Å². The lowest BCUT2D eigenvalue weighted by molar-refractivity contribution is 0.0443. The van der Waals surface area contributed by atoms with Gasteiger partial charge < -0.3 is 15.4 Å². The van der Waals surface area contributed by atoms with E-state index in [0.29, 0.717) is 13.1 Å². The van der Waals surface area contributed by atoms with Crippen molar-refractivity contribution in [2.24, 2.45) is 0 Å². The summed E-state index contributed by atoms with van der Waals surface area (Å²) in [6, 6.07) is 10.1. The van der Waals surface area contributed by atoms with Crippen LogP contribution in [0, 0.1) is 11.8 Å². The predicted molar refractivity (Wildman–Crippen MR) is 91.2 cm³/mol. The fraction of sp³-hybridized carbons (Fsp3) is 0.500. The third kappa shape index (κ3) is 7.68. The minimum atomic E-state index is -0.154. The molecule has 1 aliphatic heterocycles. The molecule has 1 saturated heterocycles. The molecular formula is C18H25N3O2. The molecule has 0 atom stereocenters. The number of ether oxygens (including phenoxy) is 1. The zero-order chi connectivity index (χ0) is 16.2. The van der Waals surface area contributed by atoms with Gasteiger partial charge in [-0.05, 0) is 18.4 Å². The van der Waals surface area contributed by atoms with Gasteiger partial charge in [0.25, 0.3) is 0 Å². The average molecular weight is 315 g/mol. The smallest absolute Gasteiger partial charge is 0.315 e. The molecule has 0 saturated carbocycles. The molecule has 1 aromatic rings. The van der Waals surface area contributed by atoms with E-state index in [0.717, 1.165) is 45.7 Å². The molecule has 1 heterocycles. The summed E-state index contributed by atoms with van der Waals surface area (Å²) in [6.07, 6.45) is 1.90. The molecule has 5 heteroatoms. The number of benzene rings is 1. The molecule has 0 aliphatic carbocycles. The van der Waals surface area contributed by atoms with E-state index < -0.39 is 0 Å². The standard InChI is InChI=1S/C18H25N3O2/c22-18(20-11-6-9-17-7-2-1-3-8-17)19-10-4-5-12-21-13-15-23-16-14-21/h1-3,7-8H,6,9-16H2,(H2,19,20,22). The van der Waals surface area contributed by atoms with Crippen molar-refractivity contribution in [3.63, 3.8) is 0 Å². The molecule has 0 aromatic heterocycles. The molecule has 0 spiro atoms. The molecule has 2 amide bonds. The van der Waals surface area contributed by atoms with Crippen molar-refractivity contribution in [1.82, 2.24) is 15.5 Å². The van der Waals surface area contributed by atoms with Crippen LogP contribution in [0.4, 0.5) is 4.79 Å². The number of nitrogens with one attached hydrogen (secondary N) is 2. The summed E-state index contributed by atoms with van der Waals surface area (Å²) in [5.74, 6) is 6.05. The summed E-state index contributed by atoms with van der Waals surface area (Å²) in [5, 5.41) is 5.60. The molecular weight excluding hydrogens is 290 g/mol. The van der Waals surface area contributed by atoms with Crippen molar-refractivity contribution in [2.75, 3.05) is 45.9 Å². The Bertz CT molecular complexity index is 516. The number of rotatable bonds is 6. The topological polar surface area (TPSA) is 53.6 Å². The first-order valence-electron chi connectivity index (χ1n) is 8.16. The first-order chi connectivity index (χ1) is 11.3. The molecule has 1 aliphatic rings. The summed E-state index contributed by atoms with van der Waals surface area (Å²) in [4.78, 5) is 13.9. The third-order valence-corrected chi connectivity index (χ3v) is 3.64. The number of hydrogen-bond donors (Lipinski definition) is 2. The first kappa shape index (κ1) is 17.3. The number of nitrogens with zero attached hydrogens (tertiary/aromatic N) is 1. The average Bonchev–Trinajstić information content (AvgIpc) is 2.60. The summed E-state index contributed by atoms with van der Waals surface area (Å²) in [6.45, 7) is 5.23. The SMILES string of the molecule is O=C(NCC#CCN1CCOCC1)NCCCc1ccccc1. The van der Waals surface area contributed by atoms with Gasteiger partial charge in [-0.3, -0.25) is 4.90 Å². The Kier molecular flexibility index (Phi) is 8.03. The number of carbonyl (C=O) groups excluding carboxylic acids is 1. The summed E-state index contributed by atoms with van der Waals surface area (Å²) in [7, 11) is 0. The van der Waals surface area contributed by atoms with Gasteiger partial charge in [-0.1, -0.05) is 42.2 Å². The second kappa shape index (κ2) is 10.7.